The van der Waals surface area contributed by atoms with E-state index in [1.807, 2.05) is 42.5 Å². The van der Waals surface area contributed by atoms with Crippen molar-refractivity contribution in [2.24, 2.45) is 5.92 Å². The van der Waals surface area contributed by atoms with Crippen LogP contribution in [-0.4, -0.2) is 17.5 Å². The Morgan fingerprint density at radius 2 is 1.70 bits per heavy atom. The molecule has 0 aliphatic carbocycles. The molecule has 4 nitrogen and oxygen atoms in total. The fourth-order valence-electron chi connectivity index (χ4n) is 2.82. The predicted molar refractivity (Wildman–Crippen MR) is 107 cm³/mol. The van der Waals surface area contributed by atoms with Crippen LogP contribution in [0.5, 0.6) is 5.75 Å². The van der Waals surface area contributed by atoms with Gasteiger partial charge in [-0.25, -0.2) is 0 Å². The molecule has 0 bridgehead atoms. The fraction of sp³-hybridized carbons (Fsp3) is 0.304. The summed E-state index contributed by atoms with van der Waals surface area (Å²) in [5.41, 5.74) is 3.30. The van der Waals surface area contributed by atoms with E-state index in [1.165, 1.54) is 6.42 Å². The molecule has 27 heavy (non-hydrogen) atoms. The molecule has 140 valence electrons. The Hall–Kier alpha value is -2.88. The standard InChI is InChI=1S/C23H25NO3/c1-16(2)5-4-14-26-21-12-10-20(11-13-21)23-15-22(24-27-23)19-8-6-18(7-9-19)17(3)25/h6-13,15-16H,4-5,14H2,1-3H3. The summed E-state index contributed by atoms with van der Waals surface area (Å²) in [6.45, 7) is 6.73. The number of nitrogens with zero attached hydrogens (tertiary/aromatic N) is 1. The highest BCUT2D eigenvalue weighted by atomic mass is 16.5. The molecule has 1 heterocycles. The van der Waals surface area contributed by atoms with E-state index in [4.69, 9.17) is 9.26 Å². The zero-order chi connectivity index (χ0) is 19.2. The second-order valence-corrected chi connectivity index (χ2v) is 7.12. The Labute approximate surface area is 160 Å². The fourth-order valence-corrected chi connectivity index (χ4v) is 2.82. The molecule has 0 N–H and O–H groups in total. The van der Waals surface area contributed by atoms with Crippen LogP contribution in [0.4, 0.5) is 0 Å². The summed E-state index contributed by atoms with van der Waals surface area (Å²) in [7, 11) is 0. The van der Waals surface area contributed by atoms with Gasteiger partial charge in [0.1, 0.15) is 11.4 Å². The molecule has 0 fully saturated rings. The quantitative estimate of drug-likeness (QED) is 0.362. The van der Waals surface area contributed by atoms with Crippen molar-refractivity contribution in [3.8, 4) is 28.3 Å². The number of carbonyl (C=O) groups excluding carboxylic acids is 1. The second-order valence-electron chi connectivity index (χ2n) is 7.12. The van der Waals surface area contributed by atoms with Crippen LogP contribution in [0.25, 0.3) is 22.6 Å². The SMILES string of the molecule is CC(=O)c1ccc(-c2cc(-c3ccc(OCCCC(C)C)cc3)on2)cc1. The normalized spacial score (nSPS) is 11.0. The minimum Gasteiger partial charge on any atom is -0.494 e. The molecule has 0 atom stereocenters. The van der Waals surface area contributed by atoms with Crippen LogP contribution in [0.3, 0.4) is 0 Å². The number of hydrogen-bond acceptors (Lipinski definition) is 4. The van der Waals surface area contributed by atoms with E-state index in [9.17, 15) is 4.79 Å². The highest BCUT2D eigenvalue weighted by Crippen LogP contribution is 2.27. The first-order chi connectivity index (χ1) is 13.0. The van der Waals surface area contributed by atoms with Crippen molar-refractivity contribution in [2.75, 3.05) is 6.61 Å². The molecule has 0 spiro atoms. The van der Waals surface area contributed by atoms with Crippen molar-refractivity contribution >= 4 is 5.78 Å². The summed E-state index contributed by atoms with van der Waals surface area (Å²) in [6.07, 6.45) is 2.24. The van der Waals surface area contributed by atoms with E-state index >= 15 is 0 Å². The Morgan fingerprint density at radius 1 is 1.04 bits per heavy atom. The van der Waals surface area contributed by atoms with Crippen molar-refractivity contribution in [3.05, 3.63) is 60.2 Å². The molecule has 0 aliphatic heterocycles. The largest absolute Gasteiger partial charge is 0.494 e. The zero-order valence-corrected chi connectivity index (χ0v) is 16.1. The Morgan fingerprint density at radius 3 is 2.33 bits per heavy atom. The molecule has 4 heteroatoms. The number of ketones is 1. The molecule has 0 saturated heterocycles. The minimum absolute atomic E-state index is 0.0499. The summed E-state index contributed by atoms with van der Waals surface area (Å²) in [5.74, 6) is 2.32. The predicted octanol–water partition coefficient (Wildman–Crippen LogP) is 6.03. The van der Waals surface area contributed by atoms with Crippen molar-refractivity contribution in [2.45, 2.75) is 33.6 Å². The lowest BCUT2D eigenvalue weighted by Gasteiger charge is -2.07. The van der Waals surface area contributed by atoms with Crippen LogP contribution < -0.4 is 4.74 Å². The summed E-state index contributed by atoms with van der Waals surface area (Å²) < 4.78 is 11.3. The average molecular weight is 363 g/mol. The van der Waals surface area contributed by atoms with Gasteiger partial charge in [-0.15, -0.1) is 0 Å². The van der Waals surface area contributed by atoms with Crippen LogP contribution in [0.2, 0.25) is 0 Å². The third-order valence-corrected chi connectivity index (χ3v) is 4.43. The molecule has 3 aromatic rings. The number of hydrogen-bond donors (Lipinski definition) is 0. The third-order valence-electron chi connectivity index (χ3n) is 4.43. The minimum atomic E-state index is 0.0499. The van der Waals surface area contributed by atoms with E-state index in [0.717, 1.165) is 35.6 Å². The molecular weight excluding hydrogens is 338 g/mol. The zero-order valence-electron chi connectivity index (χ0n) is 16.1. The van der Waals surface area contributed by atoms with E-state index in [0.29, 0.717) is 17.2 Å². The second kappa shape index (κ2) is 8.67. The summed E-state index contributed by atoms with van der Waals surface area (Å²) in [5, 5.41) is 4.15. The van der Waals surface area contributed by atoms with Crippen LogP contribution in [0.1, 0.15) is 44.0 Å². The molecule has 0 saturated carbocycles. The maximum absolute atomic E-state index is 11.4. The first-order valence-corrected chi connectivity index (χ1v) is 9.34. The van der Waals surface area contributed by atoms with Crippen LogP contribution in [-0.2, 0) is 0 Å². The molecule has 0 aliphatic rings. The number of ether oxygens (including phenoxy) is 1. The van der Waals surface area contributed by atoms with Crippen molar-refractivity contribution in [1.29, 1.82) is 0 Å². The van der Waals surface area contributed by atoms with Gasteiger partial charge in [0.25, 0.3) is 0 Å². The summed E-state index contributed by atoms with van der Waals surface area (Å²) in [4.78, 5) is 11.4. The van der Waals surface area contributed by atoms with Gasteiger partial charge in [-0.1, -0.05) is 43.3 Å². The van der Waals surface area contributed by atoms with Gasteiger partial charge in [0, 0.05) is 22.8 Å². The molecular formula is C23H25NO3. The monoisotopic (exact) mass is 363 g/mol. The van der Waals surface area contributed by atoms with E-state index in [1.54, 1.807) is 19.1 Å². The van der Waals surface area contributed by atoms with Crippen molar-refractivity contribution < 1.29 is 14.1 Å². The molecule has 3 rings (SSSR count). The maximum Gasteiger partial charge on any atom is 0.167 e. The van der Waals surface area contributed by atoms with Crippen LogP contribution in [0, 0.1) is 5.92 Å². The van der Waals surface area contributed by atoms with Crippen molar-refractivity contribution in [1.82, 2.24) is 5.16 Å². The van der Waals surface area contributed by atoms with Gasteiger partial charge in [0.05, 0.1) is 6.61 Å². The smallest absolute Gasteiger partial charge is 0.167 e. The first kappa shape index (κ1) is 18.9. The number of aromatic nitrogens is 1. The molecule has 0 radical (unpaired) electrons. The molecule has 2 aromatic carbocycles. The Kier molecular flexibility index (Phi) is 6.07. The molecule has 1 aromatic heterocycles. The van der Waals surface area contributed by atoms with Crippen LogP contribution in [0.15, 0.2) is 59.1 Å². The maximum atomic E-state index is 11.4. The lowest BCUT2D eigenvalue weighted by atomic mass is 10.1. The summed E-state index contributed by atoms with van der Waals surface area (Å²) in [6, 6.07) is 17.1. The van der Waals surface area contributed by atoms with Crippen molar-refractivity contribution in [3.63, 3.8) is 0 Å². The average Bonchev–Trinajstić information content (AvgIpc) is 3.16. The Balaban J connectivity index is 1.64. The van der Waals surface area contributed by atoms with Gasteiger partial charge < -0.3 is 9.26 Å². The van der Waals surface area contributed by atoms with E-state index in [2.05, 4.69) is 19.0 Å². The first-order valence-electron chi connectivity index (χ1n) is 9.34. The lowest BCUT2D eigenvalue weighted by Crippen LogP contribution is -1.99. The molecule has 0 amide bonds. The topological polar surface area (TPSA) is 52.3 Å². The van der Waals surface area contributed by atoms with E-state index in [-0.39, 0.29) is 5.78 Å². The Bertz CT molecular complexity index is 877. The van der Waals surface area contributed by atoms with Gasteiger partial charge in [0.15, 0.2) is 11.5 Å². The summed E-state index contributed by atoms with van der Waals surface area (Å²) >= 11 is 0. The van der Waals surface area contributed by atoms with Gasteiger partial charge in [-0.05, 0) is 49.9 Å². The van der Waals surface area contributed by atoms with Crippen LogP contribution >= 0.6 is 0 Å². The number of rotatable bonds is 8. The van der Waals surface area contributed by atoms with Gasteiger partial charge in [0.2, 0.25) is 0 Å². The molecule has 0 unspecified atom stereocenters. The van der Waals surface area contributed by atoms with Gasteiger partial charge in [-0.2, -0.15) is 0 Å². The number of Topliss-reactive ketones (excluding diaryl/α,β-unsaturated/α-hetero) is 1. The lowest BCUT2D eigenvalue weighted by molar-refractivity contribution is 0.101. The number of carbonyl (C=O) groups is 1. The number of benzene rings is 2. The van der Waals surface area contributed by atoms with Gasteiger partial charge in [-0.3, -0.25) is 4.79 Å². The highest BCUT2D eigenvalue weighted by Gasteiger charge is 2.09. The van der Waals surface area contributed by atoms with Gasteiger partial charge >= 0.3 is 0 Å². The third kappa shape index (κ3) is 5.07. The highest BCUT2D eigenvalue weighted by molar-refractivity contribution is 5.94. The van der Waals surface area contributed by atoms with E-state index < -0.39 is 0 Å².